The molecule has 8 nitrogen and oxygen atoms in total. The van der Waals surface area contributed by atoms with E-state index in [9.17, 15) is 9.59 Å². The van der Waals surface area contributed by atoms with E-state index in [1.807, 2.05) is 38.1 Å². The van der Waals surface area contributed by atoms with Gasteiger partial charge >= 0.3 is 5.97 Å². The molecule has 0 aliphatic carbocycles. The van der Waals surface area contributed by atoms with Gasteiger partial charge in [-0.1, -0.05) is 23.5 Å². The zero-order valence-electron chi connectivity index (χ0n) is 20.3. The van der Waals surface area contributed by atoms with Gasteiger partial charge in [0, 0.05) is 6.20 Å². The molecule has 1 aromatic carbocycles. The molecule has 0 unspecified atom stereocenters. The van der Waals surface area contributed by atoms with E-state index in [2.05, 4.69) is 9.98 Å². The number of esters is 1. The highest BCUT2D eigenvalue weighted by molar-refractivity contribution is 7.07. The zero-order chi connectivity index (χ0) is 25.1. The van der Waals surface area contributed by atoms with Crippen molar-refractivity contribution < 1.29 is 19.0 Å². The van der Waals surface area contributed by atoms with E-state index in [0.29, 0.717) is 43.4 Å². The molecule has 0 radical (unpaired) electrons. The van der Waals surface area contributed by atoms with E-state index in [1.165, 1.54) is 15.9 Å². The number of nitrogens with zero attached hydrogens (tertiary/aromatic N) is 3. The van der Waals surface area contributed by atoms with E-state index in [4.69, 9.17) is 14.2 Å². The fraction of sp³-hybridized carbons (Fsp3) is 0.308. The minimum absolute atomic E-state index is 0.0451. The van der Waals surface area contributed by atoms with Gasteiger partial charge in [0.05, 0.1) is 47.4 Å². The second kappa shape index (κ2) is 10.3. The number of carbonyl (C=O) groups excluding carboxylic acids is 1. The maximum absolute atomic E-state index is 13.6. The molecule has 4 rings (SSSR count). The number of fused-ring (bicyclic) bond motifs is 1. The van der Waals surface area contributed by atoms with Gasteiger partial charge in [-0.25, -0.2) is 9.79 Å². The average Bonchev–Trinajstić information content (AvgIpc) is 3.13. The summed E-state index contributed by atoms with van der Waals surface area (Å²) in [7, 11) is 1.55. The smallest absolute Gasteiger partial charge is 0.338 e. The van der Waals surface area contributed by atoms with Gasteiger partial charge in [0.1, 0.15) is 0 Å². The van der Waals surface area contributed by atoms with Crippen LogP contribution in [-0.4, -0.2) is 35.3 Å². The molecule has 0 amide bonds. The second-order valence-corrected chi connectivity index (χ2v) is 9.14. The summed E-state index contributed by atoms with van der Waals surface area (Å²) < 4.78 is 18.8. The molecule has 35 heavy (non-hydrogen) atoms. The minimum Gasteiger partial charge on any atom is -0.493 e. The van der Waals surface area contributed by atoms with E-state index >= 15 is 0 Å². The summed E-state index contributed by atoms with van der Waals surface area (Å²) in [6, 6.07) is 10.2. The molecule has 0 saturated carbocycles. The van der Waals surface area contributed by atoms with Crippen LogP contribution in [0.3, 0.4) is 0 Å². The fourth-order valence-corrected chi connectivity index (χ4v) is 4.94. The predicted octanol–water partition coefficient (Wildman–Crippen LogP) is 2.99. The van der Waals surface area contributed by atoms with E-state index < -0.39 is 12.0 Å². The summed E-state index contributed by atoms with van der Waals surface area (Å²) in [5, 5.41) is 0. The monoisotopic (exact) mass is 493 g/mol. The van der Waals surface area contributed by atoms with Crippen molar-refractivity contribution in [1.29, 1.82) is 0 Å². The zero-order valence-corrected chi connectivity index (χ0v) is 21.1. The predicted molar refractivity (Wildman–Crippen MR) is 133 cm³/mol. The quantitative estimate of drug-likeness (QED) is 0.470. The topological polar surface area (TPSA) is 92.0 Å². The number of aromatic nitrogens is 2. The van der Waals surface area contributed by atoms with Crippen LogP contribution in [0.5, 0.6) is 11.5 Å². The molecule has 0 spiro atoms. The number of rotatable bonds is 7. The van der Waals surface area contributed by atoms with Crippen molar-refractivity contribution in [3.8, 4) is 11.5 Å². The molecule has 3 heterocycles. The number of carbonyl (C=O) groups is 1. The number of ether oxygens (including phenoxy) is 3. The normalized spacial score (nSPS) is 15.6. The lowest BCUT2D eigenvalue weighted by molar-refractivity contribution is -0.139. The van der Waals surface area contributed by atoms with Crippen LogP contribution in [-0.2, 0) is 9.53 Å². The van der Waals surface area contributed by atoms with Crippen molar-refractivity contribution in [2.45, 2.75) is 39.8 Å². The van der Waals surface area contributed by atoms with Crippen molar-refractivity contribution in [3.05, 3.63) is 84.8 Å². The highest BCUT2D eigenvalue weighted by Gasteiger charge is 2.34. The molecular formula is C26H27N3O5S. The summed E-state index contributed by atoms with van der Waals surface area (Å²) in [5.74, 6) is 0.566. The van der Waals surface area contributed by atoms with Crippen molar-refractivity contribution in [2.24, 2.45) is 4.99 Å². The van der Waals surface area contributed by atoms with E-state index in [0.717, 1.165) is 0 Å². The average molecular weight is 494 g/mol. The summed E-state index contributed by atoms with van der Waals surface area (Å²) in [6.45, 7) is 7.56. The van der Waals surface area contributed by atoms with Crippen LogP contribution in [0.25, 0.3) is 6.08 Å². The lowest BCUT2D eigenvalue weighted by atomic mass is 9.95. The Balaban J connectivity index is 1.94. The molecule has 3 aromatic rings. The third kappa shape index (κ3) is 4.90. The summed E-state index contributed by atoms with van der Waals surface area (Å²) in [4.78, 5) is 36.1. The Kier molecular flexibility index (Phi) is 7.16. The second-order valence-electron chi connectivity index (χ2n) is 8.13. The molecule has 2 aromatic heterocycles. The number of thiazole rings is 1. The molecule has 0 bridgehead atoms. The van der Waals surface area contributed by atoms with E-state index in [1.54, 1.807) is 45.4 Å². The van der Waals surface area contributed by atoms with Gasteiger partial charge < -0.3 is 14.2 Å². The van der Waals surface area contributed by atoms with Crippen molar-refractivity contribution >= 4 is 23.4 Å². The Morgan fingerprint density at radius 3 is 2.69 bits per heavy atom. The Morgan fingerprint density at radius 1 is 1.23 bits per heavy atom. The van der Waals surface area contributed by atoms with Crippen LogP contribution in [0.1, 0.15) is 45.0 Å². The highest BCUT2D eigenvalue weighted by atomic mass is 32.1. The molecule has 1 aliphatic rings. The van der Waals surface area contributed by atoms with Crippen molar-refractivity contribution in [2.75, 3.05) is 13.7 Å². The molecule has 0 fully saturated rings. The standard InChI is InChI=1S/C26H27N3O5S/c1-6-33-25(31)22-16(4)28-26-29(24(30)21(35-26)14-18-9-7-8-12-27-18)23(22)17-10-11-19(34-15(2)3)20(13-17)32-5/h7-15,23H,6H2,1-5H3/b21-14-/t23-/m1/s1. The molecule has 182 valence electrons. The first kappa shape index (κ1) is 24.4. The lowest BCUT2D eigenvalue weighted by Gasteiger charge is -2.25. The molecular weight excluding hydrogens is 466 g/mol. The van der Waals surface area contributed by atoms with Crippen LogP contribution < -0.4 is 24.4 Å². The fourth-order valence-electron chi connectivity index (χ4n) is 3.91. The summed E-state index contributed by atoms with van der Waals surface area (Å²) >= 11 is 1.25. The van der Waals surface area contributed by atoms with Crippen LogP contribution in [0, 0.1) is 0 Å². The van der Waals surface area contributed by atoms with Crippen LogP contribution >= 0.6 is 11.3 Å². The van der Waals surface area contributed by atoms with Gasteiger partial charge in [0.2, 0.25) is 0 Å². The van der Waals surface area contributed by atoms with Gasteiger partial charge in [0.25, 0.3) is 5.56 Å². The summed E-state index contributed by atoms with van der Waals surface area (Å²) in [6.07, 6.45) is 3.35. The van der Waals surface area contributed by atoms with Crippen LogP contribution in [0.15, 0.2) is 63.7 Å². The first-order valence-electron chi connectivity index (χ1n) is 11.3. The van der Waals surface area contributed by atoms with Crippen molar-refractivity contribution in [1.82, 2.24) is 9.55 Å². The number of hydrogen-bond donors (Lipinski definition) is 0. The van der Waals surface area contributed by atoms with Gasteiger partial charge in [-0.3, -0.25) is 14.3 Å². The SMILES string of the molecule is CCOC(=O)C1=C(C)N=c2s/c(=C\c3ccccn3)c(=O)n2[C@@H]1c1ccc(OC(C)C)c(OC)c1. The Morgan fingerprint density at radius 2 is 2.03 bits per heavy atom. The number of allylic oxidation sites excluding steroid dienone is 1. The maximum Gasteiger partial charge on any atom is 0.338 e. The molecule has 0 N–H and O–H groups in total. The first-order chi connectivity index (χ1) is 16.8. The van der Waals surface area contributed by atoms with Crippen LogP contribution in [0.4, 0.5) is 0 Å². The third-order valence-electron chi connectivity index (χ3n) is 5.35. The Bertz CT molecular complexity index is 1450. The molecule has 0 saturated heterocycles. The van der Waals surface area contributed by atoms with Crippen LogP contribution in [0.2, 0.25) is 0 Å². The summed E-state index contributed by atoms with van der Waals surface area (Å²) in [5.41, 5.74) is 1.89. The van der Waals surface area contributed by atoms with Gasteiger partial charge in [-0.2, -0.15) is 0 Å². The highest BCUT2D eigenvalue weighted by Crippen LogP contribution is 2.36. The molecule has 9 heteroatoms. The number of pyridine rings is 1. The first-order valence-corrected chi connectivity index (χ1v) is 12.1. The lowest BCUT2D eigenvalue weighted by Crippen LogP contribution is -2.40. The maximum atomic E-state index is 13.6. The number of methoxy groups -OCH3 is 1. The Hall–Kier alpha value is -3.72. The van der Waals surface area contributed by atoms with Gasteiger partial charge in [-0.05, 0) is 63.6 Å². The third-order valence-corrected chi connectivity index (χ3v) is 6.33. The molecule has 1 atom stereocenters. The largest absolute Gasteiger partial charge is 0.493 e. The number of hydrogen-bond acceptors (Lipinski definition) is 8. The van der Waals surface area contributed by atoms with E-state index in [-0.39, 0.29) is 18.3 Å². The van der Waals surface area contributed by atoms with Crippen molar-refractivity contribution in [3.63, 3.8) is 0 Å². The van der Waals surface area contributed by atoms with Gasteiger partial charge in [0.15, 0.2) is 16.3 Å². The molecule has 1 aliphatic heterocycles. The minimum atomic E-state index is -0.738. The number of benzene rings is 1. The van der Waals surface area contributed by atoms with Gasteiger partial charge in [-0.15, -0.1) is 0 Å². The Labute approximate surface area is 206 Å².